The monoisotopic (exact) mass is 463 g/mol. The van der Waals surface area contributed by atoms with Crippen LogP contribution >= 0.6 is 0 Å². The minimum Gasteiger partial charge on any atom is -0.326 e. The normalized spacial score (nSPS) is 11.1. The highest BCUT2D eigenvalue weighted by atomic mass is 19.1. The van der Waals surface area contributed by atoms with Crippen molar-refractivity contribution in [3.8, 4) is 6.07 Å². The first-order chi connectivity index (χ1) is 16.1. The van der Waals surface area contributed by atoms with Crippen molar-refractivity contribution < 1.29 is 9.18 Å². The number of imidazole rings is 1. The smallest absolute Gasteiger partial charge is 0.326 e. The molecule has 1 amide bonds. The number of amides is 1. The maximum absolute atomic E-state index is 13.3. The van der Waals surface area contributed by atoms with Gasteiger partial charge in [0.25, 0.3) is 5.56 Å². The molecule has 4 rings (SSSR count). The molecule has 0 fully saturated rings. The second-order valence-electron chi connectivity index (χ2n) is 8.06. The van der Waals surface area contributed by atoms with Gasteiger partial charge >= 0.3 is 5.69 Å². The number of fused-ring (bicyclic) bond motifs is 1. The van der Waals surface area contributed by atoms with Gasteiger partial charge in [0.1, 0.15) is 24.2 Å². The lowest BCUT2D eigenvalue weighted by Crippen LogP contribution is -2.37. The Morgan fingerprint density at radius 3 is 2.47 bits per heavy atom. The third-order valence-corrected chi connectivity index (χ3v) is 5.98. The third-order valence-electron chi connectivity index (χ3n) is 5.98. The molecule has 0 spiro atoms. The number of aromatic nitrogens is 5. The summed E-state index contributed by atoms with van der Waals surface area (Å²) in [5.74, 6) is -0.521. The third kappa shape index (κ3) is 3.69. The van der Waals surface area contributed by atoms with Gasteiger partial charge in [-0.2, -0.15) is 5.26 Å². The number of rotatable bonds is 5. The van der Waals surface area contributed by atoms with E-state index in [1.165, 1.54) is 41.7 Å². The van der Waals surface area contributed by atoms with Crippen molar-refractivity contribution in [3.05, 3.63) is 79.6 Å². The van der Waals surface area contributed by atoms with E-state index in [9.17, 15) is 24.0 Å². The summed E-state index contributed by atoms with van der Waals surface area (Å²) in [6, 6.07) is 8.11. The Kier molecular flexibility index (Phi) is 5.66. The van der Waals surface area contributed by atoms with E-state index in [4.69, 9.17) is 0 Å². The number of aryl methyl sites for hydroxylation is 1. The number of anilines is 1. The van der Waals surface area contributed by atoms with E-state index < -0.39 is 17.2 Å². The fourth-order valence-electron chi connectivity index (χ4n) is 3.94. The summed E-state index contributed by atoms with van der Waals surface area (Å²) in [6.45, 7) is 3.69. The topological polar surface area (TPSA) is 120 Å². The number of hydrogen-bond acceptors (Lipinski definition) is 5. The Balaban J connectivity index is 1.70. The van der Waals surface area contributed by atoms with E-state index in [0.29, 0.717) is 17.9 Å². The van der Waals surface area contributed by atoms with Crippen molar-refractivity contribution in [1.29, 1.82) is 5.26 Å². The molecule has 0 aliphatic heterocycles. The highest BCUT2D eigenvalue weighted by Crippen LogP contribution is 2.27. The van der Waals surface area contributed by atoms with E-state index in [2.05, 4.69) is 16.4 Å². The number of halogens is 1. The largest absolute Gasteiger partial charge is 0.332 e. The van der Waals surface area contributed by atoms with E-state index in [1.54, 1.807) is 23.6 Å². The van der Waals surface area contributed by atoms with Crippen molar-refractivity contribution in [3.63, 3.8) is 0 Å². The summed E-state index contributed by atoms with van der Waals surface area (Å²) < 4.78 is 18.7. The molecule has 4 aromatic rings. The highest BCUT2D eigenvalue weighted by Gasteiger charge is 2.21. The number of carbonyl (C=O) groups excluding carboxylic acids is 1. The van der Waals surface area contributed by atoms with Gasteiger partial charge in [0, 0.05) is 26.3 Å². The van der Waals surface area contributed by atoms with Gasteiger partial charge in [-0.3, -0.25) is 18.7 Å². The molecule has 0 saturated heterocycles. The molecule has 0 aliphatic carbocycles. The number of nitrogens with one attached hydrogen (secondary N) is 1. The lowest BCUT2D eigenvalue weighted by atomic mass is 10.2. The molecule has 0 aliphatic rings. The first-order valence-electron chi connectivity index (χ1n) is 10.4. The zero-order valence-corrected chi connectivity index (χ0v) is 19.1. The van der Waals surface area contributed by atoms with Crippen LogP contribution in [0.1, 0.15) is 22.4 Å². The predicted octanol–water partition coefficient (Wildman–Crippen LogP) is 1.55. The lowest BCUT2D eigenvalue weighted by molar-refractivity contribution is -0.116. The van der Waals surface area contributed by atoms with Crippen LogP contribution in [0.5, 0.6) is 0 Å². The Morgan fingerprint density at radius 1 is 1.15 bits per heavy atom. The van der Waals surface area contributed by atoms with Crippen molar-refractivity contribution in [1.82, 2.24) is 23.3 Å². The number of nitrogens with zero attached hydrogens (tertiary/aromatic N) is 6. The zero-order chi connectivity index (χ0) is 24.7. The number of hydrogen-bond donors (Lipinski definition) is 1. The second-order valence-corrected chi connectivity index (χ2v) is 8.06. The summed E-state index contributed by atoms with van der Waals surface area (Å²) in [5.41, 5.74) is 1.83. The molecule has 1 N–H and O–H groups in total. The van der Waals surface area contributed by atoms with Crippen molar-refractivity contribution in [2.24, 2.45) is 14.1 Å². The average Bonchev–Trinajstić information content (AvgIpc) is 3.32. The molecule has 0 unspecified atom stereocenters. The van der Waals surface area contributed by atoms with Gasteiger partial charge in [-0.15, -0.1) is 0 Å². The van der Waals surface area contributed by atoms with Crippen LogP contribution in [0.25, 0.3) is 11.2 Å². The summed E-state index contributed by atoms with van der Waals surface area (Å²) >= 11 is 0. The Labute approximate surface area is 193 Å². The molecule has 11 heteroatoms. The van der Waals surface area contributed by atoms with Crippen LogP contribution in [0, 0.1) is 31.0 Å². The molecule has 10 nitrogen and oxygen atoms in total. The molecule has 3 heterocycles. The molecular formula is C23H22FN7O3. The summed E-state index contributed by atoms with van der Waals surface area (Å²) in [6.07, 6.45) is 1.32. The lowest BCUT2D eigenvalue weighted by Gasteiger charge is -2.14. The average molecular weight is 463 g/mol. The van der Waals surface area contributed by atoms with Gasteiger partial charge in [0.2, 0.25) is 5.91 Å². The summed E-state index contributed by atoms with van der Waals surface area (Å²) in [5, 5.41) is 12.5. The maximum Gasteiger partial charge on any atom is 0.332 e. The predicted molar refractivity (Wildman–Crippen MR) is 123 cm³/mol. The number of carbonyl (C=O) groups is 1. The first kappa shape index (κ1) is 22.7. The Bertz CT molecular complexity index is 1600. The molecule has 174 valence electrons. The molecular weight excluding hydrogens is 441 g/mol. The summed E-state index contributed by atoms with van der Waals surface area (Å²) in [4.78, 5) is 41.9. The van der Waals surface area contributed by atoms with E-state index in [1.807, 2.05) is 6.92 Å². The molecule has 0 saturated carbocycles. The van der Waals surface area contributed by atoms with E-state index >= 15 is 0 Å². The maximum atomic E-state index is 13.3. The van der Waals surface area contributed by atoms with Crippen LogP contribution in [0.4, 0.5) is 10.2 Å². The zero-order valence-electron chi connectivity index (χ0n) is 19.1. The first-order valence-corrected chi connectivity index (χ1v) is 10.4. The van der Waals surface area contributed by atoms with Gasteiger partial charge in [-0.25, -0.2) is 14.2 Å². The molecule has 0 atom stereocenters. The van der Waals surface area contributed by atoms with Crippen LogP contribution in [-0.2, 0) is 32.0 Å². The van der Waals surface area contributed by atoms with E-state index in [-0.39, 0.29) is 23.5 Å². The van der Waals surface area contributed by atoms with Crippen LogP contribution in [0.15, 0.2) is 40.2 Å². The van der Waals surface area contributed by atoms with Crippen molar-refractivity contribution in [2.75, 3.05) is 5.32 Å². The standard InChI is InChI=1S/C23H22FN7O3/c1-13-14(2)31(10-15-5-7-16(24)8-6-15)20(17(13)9-25)27-18(32)11-30-12-26-21-19(30)22(33)29(4)23(34)28(21)3/h5-8,12H,10-11H2,1-4H3,(H,27,32). The molecule has 0 bridgehead atoms. The SMILES string of the molecule is Cc1c(C#N)c(NC(=O)Cn2cnc3c2c(=O)n(C)c(=O)n3C)n(Cc2ccc(F)cc2)c1C. The second kappa shape index (κ2) is 8.47. The van der Waals surface area contributed by atoms with E-state index in [0.717, 1.165) is 21.4 Å². The van der Waals surface area contributed by atoms with Gasteiger partial charge in [-0.05, 0) is 37.1 Å². The van der Waals surface area contributed by atoms with Crippen LogP contribution in [0.3, 0.4) is 0 Å². The fourth-order valence-corrected chi connectivity index (χ4v) is 3.94. The number of nitriles is 1. The summed E-state index contributed by atoms with van der Waals surface area (Å²) in [7, 11) is 2.85. The molecule has 0 radical (unpaired) electrons. The minimum atomic E-state index is -0.563. The van der Waals surface area contributed by atoms with Gasteiger partial charge in [-0.1, -0.05) is 12.1 Å². The molecule has 1 aromatic carbocycles. The molecule has 3 aromatic heterocycles. The van der Waals surface area contributed by atoms with Gasteiger partial charge < -0.3 is 14.5 Å². The van der Waals surface area contributed by atoms with Crippen LogP contribution < -0.4 is 16.6 Å². The highest BCUT2D eigenvalue weighted by molar-refractivity contribution is 5.92. The van der Waals surface area contributed by atoms with Crippen LogP contribution in [0.2, 0.25) is 0 Å². The molecule has 34 heavy (non-hydrogen) atoms. The Morgan fingerprint density at radius 2 is 1.82 bits per heavy atom. The van der Waals surface area contributed by atoms with Crippen molar-refractivity contribution >= 4 is 22.9 Å². The van der Waals surface area contributed by atoms with Crippen molar-refractivity contribution in [2.45, 2.75) is 26.9 Å². The van der Waals surface area contributed by atoms with Gasteiger partial charge in [0.05, 0.1) is 11.9 Å². The fraction of sp³-hybridized carbons (Fsp3) is 0.261. The van der Waals surface area contributed by atoms with Crippen LogP contribution in [-0.4, -0.2) is 29.2 Å². The Hall–Kier alpha value is -4.46. The quantitative estimate of drug-likeness (QED) is 0.482. The van der Waals surface area contributed by atoms with Gasteiger partial charge in [0.15, 0.2) is 11.2 Å². The minimum absolute atomic E-state index is 0.120. The number of benzene rings is 1.